The molecule has 8 nitrogen and oxygen atoms in total. The van der Waals surface area contributed by atoms with Crippen LogP contribution in [-0.2, 0) is 17.1 Å². The van der Waals surface area contributed by atoms with Crippen molar-refractivity contribution in [3.63, 3.8) is 0 Å². The Kier molecular flexibility index (Phi) is 4.72. The summed E-state index contributed by atoms with van der Waals surface area (Å²) in [6.45, 7) is 2.29. The average molecular weight is 384 g/mol. The van der Waals surface area contributed by atoms with E-state index in [2.05, 4.69) is 5.10 Å². The minimum atomic E-state index is -3.80. The highest BCUT2D eigenvalue weighted by atomic mass is 35.5. The van der Waals surface area contributed by atoms with E-state index in [1.807, 2.05) is 9.80 Å². The van der Waals surface area contributed by atoms with Gasteiger partial charge in [0, 0.05) is 33.2 Å². The van der Waals surface area contributed by atoms with Crippen LogP contribution >= 0.6 is 11.6 Å². The summed E-state index contributed by atoms with van der Waals surface area (Å²) in [5.74, 6) is 0. The Bertz CT molecular complexity index is 952. The molecule has 3 rings (SSSR count). The van der Waals surface area contributed by atoms with Gasteiger partial charge in [0.2, 0.25) is 10.0 Å². The second-order valence-corrected chi connectivity index (χ2v) is 7.67. The lowest BCUT2D eigenvalue weighted by atomic mass is 10.2. The van der Waals surface area contributed by atoms with Crippen LogP contribution < -0.4 is 20.5 Å². The van der Waals surface area contributed by atoms with Crippen LogP contribution in [0.1, 0.15) is 0 Å². The minimum Gasteiger partial charge on any atom is -0.367 e. The molecule has 2 heterocycles. The molecule has 2 N–H and O–H groups in total. The van der Waals surface area contributed by atoms with E-state index < -0.39 is 10.0 Å². The molecule has 1 aliphatic rings. The first kappa shape index (κ1) is 17.7. The quantitative estimate of drug-likeness (QED) is 0.823. The summed E-state index contributed by atoms with van der Waals surface area (Å²) >= 11 is 6.15. The van der Waals surface area contributed by atoms with Gasteiger partial charge in [0.25, 0.3) is 5.56 Å². The second-order valence-electron chi connectivity index (χ2n) is 5.76. The number of primary sulfonamides is 1. The van der Waals surface area contributed by atoms with Gasteiger partial charge in [0.1, 0.15) is 9.92 Å². The zero-order chi connectivity index (χ0) is 18.2. The molecule has 0 radical (unpaired) electrons. The van der Waals surface area contributed by atoms with Crippen LogP contribution in [0.5, 0.6) is 0 Å². The van der Waals surface area contributed by atoms with Crippen molar-refractivity contribution in [2.45, 2.75) is 4.90 Å². The van der Waals surface area contributed by atoms with Crippen molar-refractivity contribution in [3.8, 4) is 0 Å². The lowest BCUT2D eigenvalue weighted by molar-refractivity contribution is 0.595. The van der Waals surface area contributed by atoms with Gasteiger partial charge in [-0.3, -0.25) is 4.79 Å². The number of rotatable bonds is 3. The number of aromatic nitrogens is 2. The number of sulfonamides is 1. The molecule has 0 amide bonds. The Hall–Kier alpha value is -2.10. The van der Waals surface area contributed by atoms with E-state index in [9.17, 15) is 13.2 Å². The molecule has 1 saturated heterocycles. The van der Waals surface area contributed by atoms with E-state index in [0.29, 0.717) is 37.6 Å². The van der Waals surface area contributed by atoms with Crippen molar-refractivity contribution in [2.24, 2.45) is 12.2 Å². The molecule has 0 saturated carbocycles. The van der Waals surface area contributed by atoms with Crippen LogP contribution in [0.2, 0.25) is 5.02 Å². The maximum atomic E-state index is 11.9. The summed E-state index contributed by atoms with van der Waals surface area (Å²) in [5.41, 5.74) is 0.822. The Balaban J connectivity index is 1.82. The predicted molar refractivity (Wildman–Crippen MR) is 96.7 cm³/mol. The summed E-state index contributed by atoms with van der Waals surface area (Å²) in [6.07, 6.45) is 1.57. The van der Waals surface area contributed by atoms with E-state index in [0.717, 1.165) is 0 Å². The normalized spacial score (nSPS) is 15.5. The highest BCUT2D eigenvalue weighted by molar-refractivity contribution is 7.89. The maximum Gasteiger partial charge on any atom is 0.287 e. The third-order valence-corrected chi connectivity index (χ3v) is 5.51. The van der Waals surface area contributed by atoms with E-state index in [1.165, 1.54) is 10.7 Å². The third kappa shape index (κ3) is 3.48. The first-order valence-corrected chi connectivity index (χ1v) is 9.55. The molecule has 2 aromatic rings. The molecular formula is C15H18ClN5O3S. The standard InChI is InChI=1S/C15H18ClN5O3S/c1-19-15(22)14(16)12(10-18-19)21-8-6-20(7-9-21)11-4-2-3-5-13(11)25(17,23)24/h2-5,10H,6-9H2,1H3,(H2,17,23,24). The van der Waals surface area contributed by atoms with Gasteiger partial charge in [-0.2, -0.15) is 5.10 Å². The molecule has 1 aliphatic heterocycles. The van der Waals surface area contributed by atoms with Gasteiger partial charge < -0.3 is 9.80 Å². The van der Waals surface area contributed by atoms with E-state index >= 15 is 0 Å². The molecule has 0 atom stereocenters. The topological polar surface area (TPSA) is 102 Å². The van der Waals surface area contributed by atoms with Gasteiger partial charge in [-0.15, -0.1) is 0 Å². The van der Waals surface area contributed by atoms with Crippen molar-refractivity contribution in [1.82, 2.24) is 9.78 Å². The number of nitrogens with two attached hydrogens (primary N) is 1. The van der Waals surface area contributed by atoms with Gasteiger partial charge in [-0.05, 0) is 12.1 Å². The largest absolute Gasteiger partial charge is 0.367 e. The Morgan fingerprint density at radius 2 is 1.64 bits per heavy atom. The Morgan fingerprint density at radius 1 is 1.08 bits per heavy atom. The summed E-state index contributed by atoms with van der Waals surface area (Å²) in [5, 5.41) is 9.45. The van der Waals surface area contributed by atoms with Crippen LogP contribution in [0, 0.1) is 0 Å². The number of hydrogen-bond acceptors (Lipinski definition) is 6. The number of benzene rings is 1. The zero-order valence-electron chi connectivity index (χ0n) is 13.6. The molecule has 0 bridgehead atoms. The average Bonchev–Trinajstić information content (AvgIpc) is 2.59. The first-order valence-electron chi connectivity index (χ1n) is 7.62. The fourth-order valence-corrected chi connectivity index (χ4v) is 3.92. The van der Waals surface area contributed by atoms with Gasteiger partial charge >= 0.3 is 0 Å². The molecule has 1 aromatic heterocycles. The van der Waals surface area contributed by atoms with Crippen molar-refractivity contribution >= 4 is 33.0 Å². The van der Waals surface area contributed by atoms with Gasteiger partial charge in [0.15, 0.2) is 0 Å². The van der Waals surface area contributed by atoms with Gasteiger partial charge in [-0.1, -0.05) is 23.7 Å². The molecule has 134 valence electrons. The number of anilines is 2. The highest BCUT2D eigenvalue weighted by Crippen LogP contribution is 2.27. The number of piperazine rings is 1. The monoisotopic (exact) mass is 383 g/mol. The molecule has 25 heavy (non-hydrogen) atoms. The van der Waals surface area contributed by atoms with Crippen LogP contribution in [0.15, 0.2) is 40.2 Å². The van der Waals surface area contributed by atoms with Gasteiger partial charge in [-0.25, -0.2) is 18.2 Å². The van der Waals surface area contributed by atoms with Crippen LogP contribution in [0.25, 0.3) is 0 Å². The molecule has 0 spiro atoms. The van der Waals surface area contributed by atoms with Crippen molar-refractivity contribution in [2.75, 3.05) is 36.0 Å². The molecule has 0 unspecified atom stereocenters. The second kappa shape index (κ2) is 6.66. The first-order chi connectivity index (χ1) is 11.8. The fraction of sp³-hybridized carbons (Fsp3) is 0.333. The fourth-order valence-electron chi connectivity index (χ4n) is 2.87. The van der Waals surface area contributed by atoms with Crippen LogP contribution in [-0.4, -0.2) is 44.4 Å². The van der Waals surface area contributed by atoms with E-state index in [4.69, 9.17) is 16.7 Å². The number of hydrogen-bond donors (Lipinski definition) is 1. The predicted octanol–water partition coefficient (Wildman–Crippen LogP) is 0.408. The van der Waals surface area contributed by atoms with Gasteiger partial charge in [0.05, 0.1) is 17.6 Å². The molecule has 1 fully saturated rings. The smallest absolute Gasteiger partial charge is 0.287 e. The number of halogens is 1. The van der Waals surface area contributed by atoms with E-state index in [-0.39, 0.29) is 15.5 Å². The maximum absolute atomic E-state index is 11.9. The Morgan fingerprint density at radius 3 is 2.24 bits per heavy atom. The number of aryl methyl sites for hydroxylation is 1. The molecular weight excluding hydrogens is 366 g/mol. The van der Waals surface area contributed by atoms with Crippen molar-refractivity contribution in [3.05, 3.63) is 45.8 Å². The lowest BCUT2D eigenvalue weighted by Gasteiger charge is -2.37. The van der Waals surface area contributed by atoms with Crippen molar-refractivity contribution < 1.29 is 8.42 Å². The third-order valence-electron chi connectivity index (χ3n) is 4.19. The van der Waals surface area contributed by atoms with E-state index in [1.54, 1.807) is 31.4 Å². The zero-order valence-corrected chi connectivity index (χ0v) is 15.2. The molecule has 1 aromatic carbocycles. The Labute approximate surface area is 150 Å². The summed E-state index contributed by atoms with van der Waals surface area (Å²) in [4.78, 5) is 16.0. The molecule has 10 heteroatoms. The van der Waals surface area contributed by atoms with Crippen molar-refractivity contribution in [1.29, 1.82) is 0 Å². The summed E-state index contributed by atoms with van der Waals surface area (Å²) in [7, 11) is -2.25. The summed E-state index contributed by atoms with van der Waals surface area (Å²) in [6, 6.07) is 6.66. The highest BCUT2D eigenvalue weighted by Gasteiger charge is 2.24. The SMILES string of the molecule is Cn1ncc(N2CCN(c3ccccc3S(N)(=O)=O)CC2)c(Cl)c1=O. The molecule has 0 aliphatic carbocycles. The minimum absolute atomic E-state index is 0.108. The number of nitrogens with zero attached hydrogens (tertiary/aromatic N) is 4. The van der Waals surface area contributed by atoms with Crippen LogP contribution in [0.4, 0.5) is 11.4 Å². The number of para-hydroxylation sites is 1. The van der Waals surface area contributed by atoms with Crippen LogP contribution in [0.3, 0.4) is 0 Å². The lowest BCUT2D eigenvalue weighted by Crippen LogP contribution is -2.47. The summed E-state index contributed by atoms with van der Waals surface area (Å²) < 4.78 is 24.7.